The smallest absolute Gasteiger partial charge is 0.325 e. The molecular formula is C14H19NO2. The third-order valence-electron chi connectivity index (χ3n) is 3.40. The van der Waals surface area contributed by atoms with Crippen LogP contribution in [-0.4, -0.2) is 29.1 Å². The van der Waals surface area contributed by atoms with Gasteiger partial charge in [-0.1, -0.05) is 37.3 Å². The van der Waals surface area contributed by atoms with Gasteiger partial charge in [0.2, 0.25) is 0 Å². The van der Waals surface area contributed by atoms with Gasteiger partial charge in [-0.25, -0.2) is 0 Å². The molecule has 3 nitrogen and oxygen atoms in total. The summed E-state index contributed by atoms with van der Waals surface area (Å²) >= 11 is 0. The Morgan fingerprint density at radius 3 is 2.71 bits per heavy atom. The van der Waals surface area contributed by atoms with E-state index in [-0.39, 0.29) is 0 Å². The number of benzene rings is 1. The molecule has 1 aliphatic heterocycles. The van der Waals surface area contributed by atoms with Gasteiger partial charge in [0.05, 0.1) is 0 Å². The van der Waals surface area contributed by atoms with Crippen molar-refractivity contribution < 1.29 is 9.90 Å². The molecule has 0 amide bonds. The second-order valence-corrected chi connectivity index (χ2v) is 4.89. The fourth-order valence-electron chi connectivity index (χ4n) is 2.61. The number of carboxylic acids is 1. The molecule has 1 aromatic carbocycles. The van der Waals surface area contributed by atoms with Gasteiger partial charge in [0.1, 0.15) is 6.04 Å². The van der Waals surface area contributed by atoms with Gasteiger partial charge in [-0.15, -0.1) is 0 Å². The van der Waals surface area contributed by atoms with E-state index in [1.165, 1.54) is 6.42 Å². The molecule has 1 heterocycles. The van der Waals surface area contributed by atoms with Crippen LogP contribution in [0, 0.1) is 5.92 Å². The lowest BCUT2D eigenvalue weighted by atomic mass is 9.96. The summed E-state index contributed by atoms with van der Waals surface area (Å²) in [6.07, 6.45) is 2.30. The molecule has 0 bridgehead atoms. The lowest BCUT2D eigenvalue weighted by Crippen LogP contribution is -2.40. The van der Waals surface area contributed by atoms with E-state index in [0.29, 0.717) is 5.92 Å². The van der Waals surface area contributed by atoms with Gasteiger partial charge in [-0.3, -0.25) is 9.69 Å². The number of piperidine rings is 1. The summed E-state index contributed by atoms with van der Waals surface area (Å²) in [5.74, 6) is -0.153. The molecule has 1 saturated heterocycles. The highest BCUT2D eigenvalue weighted by Gasteiger charge is 2.30. The second kappa shape index (κ2) is 5.32. The summed E-state index contributed by atoms with van der Waals surface area (Å²) in [6, 6.07) is 9.04. The largest absolute Gasteiger partial charge is 0.480 e. The van der Waals surface area contributed by atoms with Gasteiger partial charge in [0, 0.05) is 6.54 Å². The maximum atomic E-state index is 11.5. The molecular weight excluding hydrogens is 214 g/mol. The van der Waals surface area contributed by atoms with E-state index in [4.69, 9.17) is 0 Å². The van der Waals surface area contributed by atoms with Crippen LogP contribution in [-0.2, 0) is 4.79 Å². The van der Waals surface area contributed by atoms with E-state index < -0.39 is 12.0 Å². The summed E-state index contributed by atoms with van der Waals surface area (Å²) in [6.45, 7) is 3.96. The zero-order chi connectivity index (χ0) is 12.3. The molecule has 1 aromatic rings. The van der Waals surface area contributed by atoms with Crippen molar-refractivity contribution >= 4 is 5.97 Å². The van der Waals surface area contributed by atoms with Gasteiger partial charge in [0.25, 0.3) is 0 Å². The van der Waals surface area contributed by atoms with Crippen molar-refractivity contribution in [2.45, 2.75) is 25.8 Å². The molecule has 1 fully saturated rings. The minimum absolute atomic E-state index is 0.487. The fourth-order valence-corrected chi connectivity index (χ4v) is 2.61. The van der Waals surface area contributed by atoms with E-state index in [2.05, 4.69) is 11.8 Å². The molecule has 3 heteroatoms. The monoisotopic (exact) mass is 233 g/mol. The van der Waals surface area contributed by atoms with Gasteiger partial charge in [0.15, 0.2) is 0 Å². The van der Waals surface area contributed by atoms with Crippen LogP contribution < -0.4 is 0 Å². The van der Waals surface area contributed by atoms with Gasteiger partial charge in [-0.05, 0) is 30.9 Å². The minimum Gasteiger partial charge on any atom is -0.480 e. The van der Waals surface area contributed by atoms with Crippen molar-refractivity contribution in [1.29, 1.82) is 0 Å². The minimum atomic E-state index is -0.745. The van der Waals surface area contributed by atoms with Gasteiger partial charge < -0.3 is 5.11 Å². The molecule has 0 spiro atoms. The number of aliphatic carboxylic acids is 1. The Bertz CT molecular complexity index is 377. The Morgan fingerprint density at radius 1 is 1.41 bits per heavy atom. The molecule has 1 N–H and O–H groups in total. The molecule has 0 aliphatic carbocycles. The summed E-state index contributed by atoms with van der Waals surface area (Å²) in [7, 11) is 0. The zero-order valence-corrected chi connectivity index (χ0v) is 10.2. The topological polar surface area (TPSA) is 40.5 Å². The molecule has 92 valence electrons. The standard InChI is InChI=1S/C14H19NO2/c1-11-6-5-9-15(10-11)13(14(16)17)12-7-3-2-4-8-12/h2-4,7-8,11,13H,5-6,9-10H2,1H3,(H,16,17)/t11-,13-/m0/s1. The van der Waals surface area contributed by atoms with Crippen LogP contribution in [0.15, 0.2) is 30.3 Å². The number of nitrogens with zero attached hydrogens (tertiary/aromatic N) is 1. The Balaban J connectivity index is 2.20. The number of hydrogen-bond acceptors (Lipinski definition) is 2. The van der Waals surface area contributed by atoms with Crippen molar-refractivity contribution in [3.05, 3.63) is 35.9 Å². The molecule has 2 rings (SSSR count). The molecule has 0 radical (unpaired) electrons. The second-order valence-electron chi connectivity index (χ2n) is 4.89. The first-order valence-corrected chi connectivity index (χ1v) is 6.20. The first kappa shape index (κ1) is 12.1. The number of rotatable bonds is 3. The Kier molecular flexibility index (Phi) is 3.79. The molecule has 2 atom stereocenters. The maximum Gasteiger partial charge on any atom is 0.325 e. The van der Waals surface area contributed by atoms with E-state index in [1.807, 2.05) is 30.3 Å². The Labute approximate surface area is 102 Å². The van der Waals surface area contributed by atoms with Crippen LogP contribution in [0.5, 0.6) is 0 Å². The van der Waals surface area contributed by atoms with E-state index in [9.17, 15) is 9.90 Å². The lowest BCUT2D eigenvalue weighted by molar-refractivity contribution is -0.144. The Hall–Kier alpha value is -1.35. The quantitative estimate of drug-likeness (QED) is 0.872. The molecule has 0 aromatic heterocycles. The SMILES string of the molecule is C[C@H]1CCCN([C@H](C(=O)O)c2ccccc2)C1. The van der Waals surface area contributed by atoms with Crippen molar-refractivity contribution in [2.75, 3.05) is 13.1 Å². The third-order valence-corrected chi connectivity index (χ3v) is 3.40. The normalized spacial score (nSPS) is 23.2. The highest BCUT2D eigenvalue weighted by molar-refractivity contribution is 5.75. The van der Waals surface area contributed by atoms with Crippen molar-refractivity contribution in [3.63, 3.8) is 0 Å². The van der Waals surface area contributed by atoms with Crippen LogP contribution in [0.25, 0.3) is 0 Å². The third kappa shape index (κ3) is 2.86. The number of carbonyl (C=O) groups is 1. The zero-order valence-electron chi connectivity index (χ0n) is 10.2. The first-order valence-electron chi connectivity index (χ1n) is 6.20. The molecule has 0 saturated carbocycles. The van der Waals surface area contributed by atoms with E-state index in [0.717, 1.165) is 25.1 Å². The summed E-state index contributed by atoms with van der Waals surface area (Å²) in [4.78, 5) is 13.6. The van der Waals surface area contributed by atoms with E-state index >= 15 is 0 Å². The molecule has 17 heavy (non-hydrogen) atoms. The van der Waals surface area contributed by atoms with Gasteiger partial charge >= 0.3 is 5.97 Å². The van der Waals surface area contributed by atoms with E-state index in [1.54, 1.807) is 0 Å². The van der Waals surface area contributed by atoms with Crippen LogP contribution in [0.1, 0.15) is 31.4 Å². The highest BCUT2D eigenvalue weighted by Crippen LogP contribution is 2.26. The van der Waals surface area contributed by atoms with Crippen molar-refractivity contribution in [3.8, 4) is 0 Å². The molecule has 0 unspecified atom stereocenters. The summed E-state index contributed by atoms with van der Waals surface area (Å²) in [5, 5.41) is 9.42. The predicted octanol–water partition coefficient (Wildman–Crippen LogP) is 2.54. The van der Waals surface area contributed by atoms with Crippen molar-refractivity contribution in [1.82, 2.24) is 4.90 Å². The highest BCUT2D eigenvalue weighted by atomic mass is 16.4. The molecule has 1 aliphatic rings. The Morgan fingerprint density at radius 2 is 2.12 bits per heavy atom. The van der Waals surface area contributed by atoms with Crippen LogP contribution >= 0.6 is 0 Å². The maximum absolute atomic E-state index is 11.5. The number of hydrogen-bond donors (Lipinski definition) is 1. The summed E-state index contributed by atoms with van der Waals surface area (Å²) < 4.78 is 0. The van der Waals surface area contributed by atoms with Crippen LogP contribution in [0.2, 0.25) is 0 Å². The van der Waals surface area contributed by atoms with Gasteiger partial charge in [-0.2, -0.15) is 0 Å². The average molecular weight is 233 g/mol. The lowest BCUT2D eigenvalue weighted by Gasteiger charge is -2.35. The number of carboxylic acid groups (broad SMARTS) is 1. The average Bonchev–Trinajstić information content (AvgIpc) is 2.30. The van der Waals surface area contributed by atoms with Crippen LogP contribution in [0.3, 0.4) is 0 Å². The van der Waals surface area contributed by atoms with Crippen LogP contribution in [0.4, 0.5) is 0 Å². The first-order chi connectivity index (χ1) is 8.18. The van der Waals surface area contributed by atoms with Crippen molar-refractivity contribution in [2.24, 2.45) is 5.92 Å². The predicted molar refractivity (Wildman–Crippen MR) is 66.8 cm³/mol. The number of likely N-dealkylation sites (tertiary alicyclic amines) is 1. The fraction of sp³-hybridized carbons (Fsp3) is 0.500. The summed E-state index contributed by atoms with van der Waals surface area (Å²) in [5.41, 5.74) is 0.883.